The van der Waals surface area contributed by atoms with E-state index in [4.69, 9.17) is 5.11 Å². The van der Waals surface area contributed by atoms with Gasteiger partial charge in [-0.2, -0.15) is 0 Å². The lowest BCUT2D eigenvalue weighted by atomic mass is 10.2. The molecule has 0 heterocycles. The minimum atomic E-state index is -0.986. The van der Waals surface area contributed by atoms with Gasteiger partial charge in [0.25, 0.3) is 0 Å². The molecule has 0 saturated carbocycles. The normalized spacial score (nSPS) is 11.9. The van der Waals surface area contributed by atoms with Gasteiger partial charge in [0.05, 0.1) is 11.3 Å². The largest absolute Gasteiger partial charge is 0.478 e. The predicted molar refractivity (Wildman–Crippen MR) is 84.3 cm³/mol. The summed E-state index contributed by atoms with van der Waals surface area (Å²) in [7, 11) is 0. The number of amides is 1. The lowest BCUT2D eigenvalue weighted by Gasteiger charge is -2.12. The van der Waals surface area contributed by atoms with E-state index in [1.807, 2.05) is 6.92 Å². The van der Waals surface area contributed by atoms with E-state index in [-0.39, 0.29) is 23.3 Å². The van der Waals surface area contributed by atoms with Gasteiger partial charge in [0.2, 0.25) is 5.91 Å². The number of carbonyl (C=O) groups excluding carboxylic acids is 1. The number of thioether (sulfide) groups is 1. The summed E-state index contributed by atoms with van der Waals surface area (Å²) < 4.78 is 0.537. The molecule has 0 aromatic heterocycles. The van der Waals surface area contributed by atoms with Gasteiger partial charge in [-0.05, 0) is 47.5 Å². The van der Waals surface area contributed by atoms with Gasteiger partial charge in [-0.1, -0.05) is 13.3 Å². The molecular weight excluding hydrogens is 342 g/mol. The first-order valence-electron chi connectivity index (χ1n) is 6.39. The summed E-state index contributed by atoms with van der Waals surface area (Å²) in [5.41, 5.74) is 0.203. The van der Waals surface area contributed by atoms with Crippen LogP contribution in [-0.4, -0.2) is 28.8 Å². The highest BCUT2D eigenvalue weighted by atomic mass is 79.9. The monoisotopic (exact) mass is 359 g/mol. The van der Waals surface area contributed by atoms with E-state index in [2.05, 4.69) is 28.2 Å². The average Bonchev–Trinajstić information content (AvgIpc) is 2.37. The zero-order valence-corrected chi connectivity index (χ0v) is 13.9. The van der Waals surface area contributed by atoms with Crippen molar-refractivity contribution in [1.82, 2.24) is 5.32 Å². The van der Waals surface area contributed by atoms with Gasteiger partial charge >= 0.3 is 5.97 Å². The van der Waals surface area contributed by atoms with Gasteiger partial charge in [-0.25, -0.2) is 4.79 Å². The van der Waals surface area contributed by atoms with Crippen LogP contribution in [0.15, 0.2) is 27.6 Å². The standard InChI is InChI=1S/C14H18BrNO3S/c1-3-4-9(2)16-13(17)8-20-10-5-6-12(15)11(7-10)14(18)19/h5-7,9H,3-4,8H2,1-2H3,(H,16,17)(H,18,19). The van der Waals surface area contributed by atoms with Crippen molar-refractivity contribution in [3.05, 3.63) is 28.2 Å². The predicted octanol–water partition coefficient (Wildman–Crippen LogP) is 3.54. The molecule has 0 saturated heterocycles. The molecule has 1 amide bonds. The molecule has 1 unspecified atom stereocenters. The van der Waals surface area contributed by atoms with E-state index in [0.29, 0.717) is 4.47 Å². The summed E-state index contributed by atoms with van der Waals surface area (Å²) in [5.74, 6) is -0.731. The van der Waals surface area contributed by atoms with Crippen LogP contribution >= 0.6 is 27.7 Å². The smallest absolute Gasteiger partial charge is 0.336 e. The molecule has 0 bridgehead atoms. The molecule has 110 valence electrons. The van der Waals surface area contributed by atoms with Crippen LogP contribution in [0.25, 0.3) is 0 Å². The summed E-state index contributed by atoms with van der Waals surface area (Å²) >= 11 is 4.52. The molecule has 1 atom stereocenters. The third-order valence-electron chi connectivity index (χ3n) is 2.67. The van der Waals surface area contributed by atoms with Gasteiger partial charge < -0.3 is 10.4 Å². The Morgan fingerprint density at radius 2 is 2.15 bits per heavy atom. The summed E-state index contributed by atoms with van der Waals surface area (Å²) in [6.45, 7) is 4.06. The van der Waals surface area contributed by atoms with E-state index >= 15 is 0 Å². The van der Waals surface area contributed by atoms with Gasteiger partial charge in [0, 0.05) is 15.4 Å². The minimum Gasteiger partial charge on any atom is -0.478 e. The number of aromatic carboxylic acids is 1. The molecule has 0 aliphatic carbocycles. The fourth-order valence-corrected chi connectivity index (χ4v) is 2.89. The van der Waals surface area contributed by atoms with Crippen LogP contribution in [0.1, 0.15) is 37.0 Å². The Morgan fingerprint density at radius 3 is 2.75 bits per heavy atom. The molecule has 0 aliphatic heterocycles. The summed E-state index contributed by atoms with van der Waals surface area (Å²) in [6, 6.07) is 5.22. The molecule has 2 N–H and O–H groups in total. The quantitative estimate of drug-likeness (QED) is 0.730. The van der Waals surface area contributed by atoms with Gasteiger partial charge in [-0.15, -0.1) is 11.8 Å². The second-order valence-corrected chi connectivity index (χ2v) is 6.40. The molecule has 1 rings (SSSR count). The molecule has 0 spiro atoms. The zero-order chi connectivity index (χ0) is 15.1. The molecule has 6 heteroatoms. The Balaban J connectivity index is 2.55. The molecular formula is C14H18BrNO3S. The number of halogens is 1. The molecule has 0 fully saturated rings. The van der Waals surface area contributed by atoms with E-state index in [0.717, 1.165) is 17.7 Å². The number of carboxylic acid groups (broad SMARTS) is 1. The number of nitrogens with one attached hydrogen (secondary N) is 1. The molecule has 1 aromatic carbocycles. The summed E-state index contributed by atoms with van der Waals surface area (Å²) in [4.78, 5) is 23.5. The Morgan fingerprint density at radius 1 is 1.45 bits per heavy atom. The minimum absolute atomic E-state index is 0.0317. The lowest BCUT2D eigenvalue weighted by molar-refractivity contribution is -0.119. The van der Waals surface area contributed by atoms with Crippen LogP contribution in [0.3, 0.4) is 0 Å². The Hall–Kier alpha value is -1.01. The number of carbonyl (C=O) groups is 2. The van der Waals surface area contributed by atoms with Crippen molar-refractivity contribution < 1.29 is 14.7 Å². The summed E-state index contributed by atoms with van der Waals surface area (Å²) in [5, 5.41) is 11.9. The highest BCUT2D eigenvalue weighted by Gasteiger charge is 2.11. The molecule has 4 nitrogen and oxygen atoms in total. The van der Waals surface area contributed by atoms with E-state index in [1.54, 1.807) is 18.2 Å². The molecule has 1 aromatic rings. The van der Waals surface area contributed by atoms with E-state index in [9.17, 15) is 9.59 Å². The van der Waals surface area contributed by atoms with Gasteiger partial charge in [0.1, 0.15) is 0 Å². The van der Waals surface area contributed by atoms with Crippen molar-refractivity contribution >= 4 is 39.6 Å². The van der Waals surface area contributed by atoms with Gasteiger partial charge in [-0.3, -0.25) is 4.79 Å². The molecule has 0 aliphatic rings. The topological polar surface area (TPSA) is 66.4 Å². The number of benzene rings is 1. The Labute approximate surface area is 131 Å². The maximum Gasteiger partial charge on any atom is 0.336 e. The number of carboxylic acids is 1. The number of hydrogen-bond donors (Lipinski definition) is 2. The highest BCUT2D eigenvalue weighted by Crippen LogP contribution is 2.24. The lowest BCUT2D eigenvalue weighted by Crippen LogP contribution is -2.33. The fourth-order valence-electron chi connectivity index (χ4n) is 1.73. The van der Waals surface area contributed by atoms with Gasteiger partial charge in [0.15, 0.2) is 0 Å². The average molecular weight is 360 g/mol. The second-order valence-electron chi connectivity index (χ2n) is 4.49. The van der Waals surface area contributed by atoms with Crippen LogP contribution in [0.5, 0.6) is 0 Å². The van der Waals surface area contributed by atoms with Crippen LogP contribution in [0.4, 0.5) is 0 Å². The second kappa shape index (κ2) is 8.32. The Kier molecular flexibility index (Phi) is 7.09. The van der Waals surface area contributed by atoms with Crippen LogP contribution in [0.2, 0.25) is 0 Å². The molecule has 0 radical (unpaired) electrons. The van der Waals surface area contributed by atoms with Crippen molar-refractivity contribution in [3.8, 4) is 0 Å². The first kappa shape index (κ1) is 17.0. The summed E-state index contributed by atoms with van der Waals surface area (Å²) in [6.07, 6.45) is 1.99. The first-order valence-corrected chi connectivity index (χ1v) is 8.17. The van der Waals surface area contributed by atoms with Crippen molar-refractivity contribution in [3.63, 3.8) is 0 Å². The number of rotatable bonds is 7. The van der Waals surface area contributed by atoms with E-state index in [1.165, 1.54) is 11.8 Å². The SMILES string of the molecule is CCCC(C)NC(=O)CSc1ccc(Br)c(C(=O)O)c1. The van der Waals surface area contributed by atoms with Crippen molar-refractivity contribution in [1.29, 1.82) is 0 Å². The first-order chi connectivity index (χ1) is 9.43. The Bertz CT molecular complexity index is 493. The molecule has 20 heavy (non-hydrogen) atoms. The highest BCUT2D eigenvalue weighted by molar-refractivity contribution is 9.10. The zero-order valence-electron chi connectivity index (χ0n) is 11.5. The van der Waals surface area contributed by atoms with E-state index < -0.39 is 5.97 Å². The van der Waals surface area contributed by atoms with Crippen molar-refractivity contribution in [2.45, 2.75) is 37.6 Å². The maximum absolute atomic E-state index is 11.7. The third-order valence-corrected chi connectivity index (χ3v) is 4.35. The van der Waals surface area contributed by atoms with Crippen molar-refractivity contribution in [2.24, 2.45) is 0 Å². The van der Waals surface area contributed by atoms with Crippen molar-refractivity contribution in [2.75, 3.05) is 5.75 Å². The van der Waals surface area contributed by atoms with Crippen LogP contribution in [-0.2, 0) is 4.79 Å². The fraction of sp³-hybridized carbons (Fsp3) is 0.429. The third kappa shape index (κ3) is 5.54. The maximum atomic E-state index is 11.7. The number of hydrogen-bond acceptors (Lipinski definition) is 3. The van der Waals surface area contributed by atoms with Crippen LogP contribution in [0, 0.1) is 0 Å². The van der Waals surface area contributed by atoms with Crippen LogP contribution < -0.4 is 5.32 Å².